The van der Waals surface area contributed by atoms with Gasteiger partial charge in [0.05, 0.1) is 17.7 Å². The van der Waals surface area contributed by atoms with Gasteiger partial charge in [-0.1, -0.05) is 35.9 Å². The molecular formula is C26H22ClN3O4. The summed E-state index contributed by atoms with van der Waals surface area (Å²) in [5, 5.41) is 9.84. The Morgan fingerprint density at radius 3 is 2.44 bits per heavy atom. The van der Waals surface area contributed by atoms with Crippen molar-refractivity contribution in [2.45, 2.75) is 0 Å². The van der Waals surface area contributed by atoms with Crippen LogP contribution < -0.4 is 4.90 Å². The number of para-hydroxylation sites is 1. The number of furan rings is 1. The maximum atomic E-state index is 12.9. The predicted octanol–water partition coefficient (Wildman–Crippen LogP) is 4.64. The van der Waals surface area contributed by atoms with E-state index in [9.17, 15) is 14.9 Å². The average Bonchev–Trinajstić information content (AvgIpc) is 3.35. The van der Waals surface area contributed by atoms with E-state index < -0.39 is 5.97 Å². The molecule has 0 saturated carbocycles. The molecule has 7 nitrogen and oxygen atoms in total. The second-order valence-corrected chi connectivity index (χ2v) is 8.08. The highest BCUT2D eigenvalue weighted by Gasteiger charge is 2.24. The Bertz CT molecular complexity index is 1270. The quantitative estimate of drug-likeness (QED) is 0.303. The molecule has 1 aliphatic rings. The molecule has 4 rings (SSSR count). The minimum absolute atomic E-state index is 0.00753. The number of nitrogens with zero attached hydrogens (tertiary/aromatic N) is 3. The zero-order chi connectivity index (χ0) is 24.1. The van der Waals surface area contributed by atoms with Gasteiger partial charge in [-0.05, 0) is 36.4 Å². The third-order valence-electron chi connectivity index (χ3n) is 5.61. The predicted molar refractivity (Wildman–Crippen MR) is 129 cm³/mol. The van der Waals surface area contributed by atoms with Gasteiger partial charge >= 0.3 is 5.97 Å². The number of methoxy groups -OCH3 is 1. The first-order chi connectivity index (χ1) is 16.5. The monoisotopic (exact) mass is 475 g/mol. The first-order valence-corrected chi connectivity index (χ1v) is 11.1. The number of anilines is 1. The Kier molecular flexibility index (Phi) is 7.00. The van der Waals surface area contributed by atoms with E-state index in [4.69, 9.17) is 20.8 Å². The Hall–Kier alpha value is -4.02. The second kappa shape index (κ2) is 10.3. The number of hydrogen-bond acceptors (Lipinski definition) is 6. The number of halogens is 1. The van der Waals surface area contributed by atoms with Gasteiger partial charge < -0.3 is 19.0 Å². The fourth-order valence-electron chi connectivity index (χ4n) is 3.79. The molecule has 1 aromatic heterocycles. The third kappa shape index (κ3) is 4.98. The van der Waals surface area contributed by atoms with E-state index in [-0.39, 0.29) is 22.1 Å². The standard InChI is InChI=1S/C26H22ClN3O4/c1-33-26(32)22-9-7-18(16-23(22)27)24-10-8-21(34-24)15-19(17-28)25(31)30-13-11-29(12-14-30)20-5-3-2-4-6-20/h2-10,15-16H,11-14H2,1H3/b19-15-. The number of carbonyl (C=O) groups excluding carboxylic acids is 2. The number of amides is 1. The molecule has 0 bridgehead atoms. The lowest BCUT2D eigenvalue weighted by Crippen LogP contribution is -2.49. The molecule has 0 N–H and O–H groups in total. The molecule has 1 aliphatic heterocycles. The molecule has 172 valence electrons. The molecule has 1 saturated heterocycles. The smallest absolute Gasteiger partial charge is 0.339 e. The molecule has 0 atom stereocenters. The van der Waals surface area contributed by atoms with E-state index in [1.807, 2.05) is 36.4 Å². The first kappa shape index (κ1) is 23.1. The lowest BCUT2D eigenvalue weighted by Gasteiger charge is -2.36. The van der Waals surface area contributed by atoms with Crippen molar-refractivity contribution in [1.29, 1.82) is 5.26 Å². The maximum Gasteiger partial charge on any atom is 0.339 e. The largest absolute Gasteiger partial charge is 0.465 e. The number of piperazine rings is 1. The van der Waals surface area contributed by atoms with Gasteiger partial charge in [-0.15, -0.1) is 0 Å². The molecular weight excluding hydrogens is 454 g/mol. The van der Waals surface area contributed by atoms with Gasteiger partial charge in [-0.25, -0.2) is 4.79 Å². The Labute approximate surface area is 202 Å². The van der Waals surface area contributed by atoms with Gasteiger partial charge in [-0.3, -0.25) is 4.79 Å². The molecule has 0 unspecified atom stereocenters. The number of nitriles is 1. The van der Waals surface area contributed by atoms with E-state index in [2.05, 4.69) is 4.90 Å². The highest BCUT2D eigenvalue weighted by Crippen LogP contribution is 2.28. The zero-order valence-corrected chi connectivity index (χ0v) is 19.3. The average molecular weight is 476 g/mol. The number of rotatable bonds is 5. The van der Waals surface area contributed by atoms with Gasteiger partial charge in [0.1, 0.15) is 23.2 Å². The summed E-state index contributed by atoms with van der Waals surface area (Å²) in [6, 6.07) is 20.3. The summed E-state index contributed by atoms with van der Waals surface area (Å²) in [5.41, 5.74) is 2.03. The first-order valence-electron chi connectivity index (χ1n) is 10.7. The van der Waals surface area contributed by atoms with Crippen molar-refractivity contribution in [1.82, 2.24) is 4.90 Å². The topological polar surface area (TPSA) is 86.8 Å². The normalized spacial score (nSPS) is 14.0. The molecule has 0 radical (unpaired) electrons. The van der Waals surface area contributed by atoms with Crippen LogP contribution in [0, 0.1) is 11.3 Å². The van der Waals surface area contributed by atoms with Crippen LogP contribution >= 0.6 is 11.6 Å². The fraction of sp³-hybridized carbons (Fsp3) is 0.192. The molecule has 2 heterocycles. The number of esters is 1. The van der Waals surface area contributed by atoms with E-state index in [1.165, 1.54) is 13.2 Å². The van der Waals surface area contributed by atoms with Crippen molar-refractivity contribution in [3.8, 4) is 17.4 Å². The van der Waals surface area contributed by atoms with Crippen LogP contribution in [-0.4, -0.2) is 50.1 Å². The van der Waals surface area contributed by atoms with Crippen molar-refractivity contribution in [2.75, 3.05) is 38.2 Å². The molecule has 3 aromatic rings. The molecule has 0 aliphatic carbocycles. The third-order valence-corrected chi connectivity index (χ3v) is 5.92. The maximum absolute atomic E-state index is 12.9. The number of hydrogen-bond donors (Lipinski definition) is 0. The van der Waals surface area contributed by atoms with Crippen LogP contribution in [0.5, 0.6) is 0 Å². The van der Waals surface area contributed by atoms with Gasteiger partial charge in [0.2, 0.25) is 0 Å². The summed E-state index contributed by atoms with van der Waals surface area (Å²) in [4.78, 5) is 28.6. The lowest BCUT2D eigenvalue weighted by molar-refractivity contribution is -0.126. The molecule has 0 spiro atoms. The molecule has 8 heteroatoms. The number of ether oxygens (including phenoxy) is 1. The SMILES string of the molecule is COC(=O)c1ccc(-c2ccc(/C=C(/C#N)C(=O)N3CCN(c4ccccc4)CC3)o2)cc1Cl. The van der Waals surface area contributed by atoms with Crippen LogP contribution in [0.25, 0.3) is 17.4 Å². The minimum atomic E-state index is -0.526. The van der Waals surface area contributed by atoms with Gasteiger partial charge in [0.25, 0.3) is 5.91 Å². The van der Waals surface area contributed by atoms with Crippen molar-refractivity contribution in [2.24, 2.45) is 0 Å². The van der Waals surface area contributed by atoms with Crippen molar-refractivity contribution in [3.05, 3.63) is 82.6 Å². The van der Waals surface area contributed by atoms with Crippen LogP contribution in [-0.2, 0) is 9.53 Å². The summed E-state index contributed by atoms with van der Waals surface area (Å²) < 4.78 is 10.5. The van der Waals surface area contributed by atoms with E-state index in [0.717, 1.165) is 5.69 Å². The Balaban J connectivity index is 1.45. The van der Waals surface area contributed by atoms with Gasteiger partial charge in [0.15, 0.2) is 0 Å². The van der Waals surface area contributed by atoms with E-state index in [0.29, 0.717) is 43.3 Å². The molecule has 1 fully saturated rings. The van der Waals surface area contributed by atoms with Crippen LogP contribution in [0.4, 0.5) is 5.69 Å². The highest BCUT2D eigenvalue weighted by molar-refractivity contribution is 6.33. The van der Waals surface area contributed by atoms with Crippen molar-refractivity contribution >= 4 is 35.2 Å². The highest BCUT2D eigenvalue weighted by atomic mass is 35.5. The van der Waals surface area contributed by atoms with Crippen molar-refractivity contribution < 1.29 is 18.7 Å². The van der Waals surface area contributed by atoms with Crippen molar-refractivity contribution in [3.63, 3.8) is 0 Å². The van der Waals surface area contributed by atoms with E-state index >= 15 is 0 Å². The molecule has 2 aromatic carbocycles. The molecule has 1 amide bonds. The van der Waals surface area contributed by atoms with Crippen LogP contribution in [0.15, 0.2) is 70.7 Å². The zero-order valence-electron chi connectivity index (χ0n) is 18.5. The Morgan fingerprint density at radius 1 is 1.06 bits per heavy atom. The van der Waals surface area contributed by atoms with Gasteiger partial charge in [-0.2, -0.15) is 5.26 Å². The van der Waals surface area contributed by atoms with Gasteiger partial charge in [0, 0.05) is 43.5 Å². The van der Waals surface area contributed by atoms with Crippen LogP contribution in [0.2, 0.25) is 5.02 Å². The fourth-order valence-corrected chi connectivity index (χ4v) is 4.05. The summed E-state index contributed by atoms with van der Waals surface area (Å²) in [6.45, 7) is 2.45. The minimum Gasteiger partial charge on any atom is -0.465 e. The number of benzene rings is 2. The Morgan fingerprint density at radius 2 is 1.79 bits per heavy atom. The number of carbonyl (C=O) groups is 2. The summed E-state index contributed by atoms with van der Waals surface area (Å²) >= 11 is 6.19. The lowest BCUT2D eigenvalue weighted by atomic mass is 10.1. The van der Waals surface area contributed by atoms with Crippen LogP contribution in [0.1, 0.15) is 16.1 Å². The van der Waals surface area contributed by atoms with Crippen LogP contribution in [0.3, 0.4) is 0 Å². The molecule has 34 heavy (non-hydrogen) atoms. The second-order valence-electron chi connectivity index (χ2n) is 7.67. The summed E-state index contributed by atoms with van der Waals surface area (Å²) in [7, 11) is 1.29. The van der Waals surface area contributed by atoms with E-state index in [1.54, 1.807) is 35.2 Å². The summed E-state index contributed by atoms with van der Waals surface area (Å²) in [5.74, 6) is 0.0156. The summed E-state index contributed by atoms with van der Waals surface area (Å²) in [6.07, 6.45) is 1.44.